The zero-order valence-corrected chi connectivity index (χ0v) is 13.9. The summed E-state index contributed by atoms with van der Waals surface area (Å²) >= 11 is 1.82. The van der Waals surface area contributed by atoms with Crippen molar-refractivity contribution in [2.24, 2.45) is 11.3 Å². The van der Waals surface area contributed by atoms with Crippen LogP contribution < -0.4 is 0 Å². The van der Waals surface area contributed by atoms with Crippen molar-refractivity contribution in [3.63, 3.8) is 0 Å². The highest BCUT2D eigenvalue weighted by molar-refractivity contribution is 8.03. The summed E-state index contributed by atoms with van der Waals surface area (Å²) < 4.78 is 38.0. The number of alkyl halides is 3. The van der Waals surface area contributed by atoms with Crippen LogP contribution in [0.3, 0.4) is 0 Å². The van der Waals surface area contributed by atoms with Gasteiger partial charge in [-0.2, -0.15) is 13.2 Å². The number of hydrogen-bond acceptors (Lipinski definition) is 1. The van der Waals surface area contributed by atoms with E-state index in [4.69, 9.17) is 0 Å². The largest absolute Gasteiger partial charge is 0.391 e. The maximum Gasteiger partial charge on any atom is 0.391 e. The van der Waals surface area contributed by atoms with Gasteiger partial charge in [0.1, 0.15) is 0 Å². The summed E-state index contributed by atoms with van der Waals surface area (Å²) in [6.45, 7) is 6.68. The maximum atomic E-state index is 12.7. The molecule has 0 saturated heterocycles. The Morgan fingerprint density at radius 3 is 2.00 bits per heavy atom. The Morgan fingerprint density at radius 1 is 0.952 bits per heavy atom. The SMILES string of the molecule is CC(C)(C)C1=CC=C(SC2CCC(C(F)(F)F)CC2)CC1. The lowest BCUT2D eigenvalue weighted by atomic mass is 9.82. The van der Waals surface area contributed by atoms with Crippen molar-refractivity contribution in [1.29, 1.82) is 0 Å². The first-order chi connectivity index (χ1) is 9.66. The third kappa shape index (κ3) is 4.80. The Kier molecular flexibility index (Phi) is 5.17. The normalized spacial score (nSPS) is 28.1. The Morgan fingerprint density at radius 2 is 1.57 bits per heavy atom. The van der Waals surface area contributed by atoms with Crippen LogP contribution in [0.15, 0.2) is 22.6 Å². The average molecular weight is 318 g/mol. The molecule has 4 heteroatoms. The highest BCUT2D eigenvalue weighted by Crippen LogP contribution is 2.44. The molecule has 0 spiro atoms. The molecule has 120 valence electrons. The smallest absolute Gasteiger partial charge is 0.171 e. The van der Waals surface area contributed by atoms with Gasteiger partial charge in [-0.15, -0.1) is 11.8 Å². The molecule has 0 aromatic rings. The Hall–Kier alpha value is -0.380. The molecule has 2 aliphatic rings. The van der Waals surface area contributed by atoms with Crippen LogP contribution in [0.5, 0.6) is 0 Å². The van der Waals surface area contributed by atoms with Gasteiger partial charge < -0.3 is 0 Å². The van der Waals surface area contributed by atoms with Gasteiger partial charge in [-0.25, -0.2) is 0 Å². The summed E-state index contributed by atoms with van der Waals surface area (Å²) in [6.07, 6.45) is 4.54. The number of halogens is 3. The molecule has 2 aliphatic carbocycles. The molecule has 0 aromatic carbocycles. The van der Waals surface area contributed by atoms with E-state index in [0.717, 1.165) is 12.8 Å². The zero-order valence-electron chi connectivity index (χ0n) is 13.1. The predicted octanol–water partition coefficient (Wildman–Crippen LogP) is 6.49. The molecule has 0 aliphatic heterocycles. The van der Waals surface area contributed by atoms with Crippen molar-refractivity contribution in [3.05, 3.63) is 22.6 Å². The van der Waals surface area contributed by atoms with E-state index in [9.17, 15) is 13.2 Å². The van der Waals surface area contributed by atoms with E-state index in [-0.39, 0.29) is 5.41 Å². The van der Waals surface area contributed by atoms with Crippen LogP contribution in [0.4, 0.5) is 13.2 Å². The van der Waals surface area contributed by atoms with Crippen LogP contribution in [0.25, 0.3) is 0 Å². The molecule has 0 atom stereocenters. The van der Waals surface area contributed by atoms with Gasteiger partial charge in [-0.3, -0.25) is 0 Å². The molecular weight excluding hydrogens is 293 g/mol. The number of hydrogen-bond donors (Lipinski definition) is 0. The summed E-state index contributed by atoms with van der Waals surface area (Å²) in [5, 5.41) is 0.374. The molecular formula is C17H25F3S. The summed E-state index contributed by atoms with van der Waals surface area (Å²) in [7, 11) is 0. The van der Waals surface area contributed by atoms with Gasteiger partial charge >= 0.3 is 6.18 Å². The van der Waals surface area contributed by atoms with E-state index in [1.54, 1.807) is 0 Å². The fraction of sp³-hybridized carbons (Fsp3) is 0.765. The first kappa shape index (κ1) is 17.0. The van der Waals surface area contributed by atoms with Gasteiger partial charge in [0.15, 0.2) is 0 Å². The molecule has 0 radical (unpaired) electrons. The van der Waals surface area contributed by atoms with Crippen molar-refractivity contribution in [1.82, 2.24) is 0 Å². The van der Waals surface area contributed by atoms with E-state index in [1.165, 1.54) is 10.5 Å². The minimum atomic E-state index is -4.00. The number of allylic oxidation sites excluding steroid dienone is 4. The third-order valence-corrected chi connectivity index (χ3v) is 5.98. The van der Waals surface area contributed by atoms with E-state index >= 15 is 0 Å². The highest BCUT2D eigenvalue weighted by atomic mass is 32.2. The molecule has 0 N–H and O–H groups in total. The second-order valence-corrected chi connectivity index (χ2v) is 8.63. The number of rotatable bonds is 2. The second-order valence-electron chi connectivity index (χ2n) is 7.21. The summed E-state index contributed by atoms with van der Waals surface area (Å²) in [6, 6.07) is 0. The zero-order chi connectivity index (χ0) is 15.7. The van der Waals surface area contributed by atoms with Gasteiger partial charge in [0, 0.05) is 5.25 Å². The van der Waals surface area contributed by atoms with Crippen molar-refractivity contribution >= 4 is 11.8 Å². The fourth-order valence-electron chi connectivity index (χ4n) is 3.06. The Balaban J connectivity index is 1.85. The molecule has 2 rings (SSSR count). The lowest BCUT2D eigenvalue weighted by Crippen LogP contribution is -2.28. The fourth-order valence-corrected chi connectivity index (χ4v) is 4.37. The monoisotopic (exact) mass is 318 g/mol. The van der Waals surface area contributed by atoms with Crippen LogP contribution in [0, 0.1) is 11.3 Å². The maximum absolute atomic E-state index is 12.7. The molecule has 0 nitrogen and oxygen atoms in total. The van der Waals surface area contributed by atoms with Crippen LogP contribution in [0.1, 0.15) is 59.3 Å². The molecule has 1 fully saturated rings. The van der Waals surface area contributed by atoms with Crippen molar-refractivity contribution in [3.8, 4) is 0 Å². The standard InChI is InChI=1S/C17H25F3S/c1-16(2,3)12-4-8-14(9-5-12)21-15-10-6-13(7-11-15)17(18,19)20/h4,8,13,15H,5-7,9-11H2,1-3H3. The number of thioether (sulfide) groups is 1. The topological polar surface area (TPSA) is 0 Å². The van der Waals surface area contributed by atoms with Gasteiger partial charge in [0.05, 0.1) is 5.92 Å². The summed E-state index contributed by atoms with van der Waals surface area (Å²) in [5.41, 5.74) is 1.69. The highest BCUT2D eigenvalue weighted by Gasteiger charge is 2.41. The molecule has 0 aromatic heterocycles. The third-order valence-electron chi connectivity index (χ3n) is 4.53. The summed E-state index contributed by atoms with van der Waals surface area (Å²) in [4.78, 5) is 1.35. The van der Waals surface area contributed by atoms with Crippen LogP contribution in [0.2, 0.25) is 0 Å². The molecule has 0 bridgehead atoms. The van der Waals surface area contributed by atoms with E-state index < -0.39 is 12.1 Å². The Bertz CT molecular complexity index is 418. The van der Waals surface area contributed by atoms with Gasteiger partial charge in [-0.05, 0) is 48.8 Å². The molecule has 0 amide bonds. The predicted molar refractivity (Wildman–Crippen MR) is 84.2 cm³/mol. The first-order valence-electron chi connectivity index (χ1n) is 7.80. The molecule has 21 heavy (non-hydrogen) atoms. The molecule has 1 saturated carbocycles. The van der Waals surface area contributed by atoms with E-state index in [1.807, 2.05) is 11.8 Å². The Labute approximate surface area is 130 Å². The minimum Gasteiger partial charge on any atom is -0.171 e. The quantitative estimate of drug-likeness (QED) is 0.560. The van der Waals surface area contributed by atoms with Crippen molar-refractivity contribution in [2.75, 3.05) is 0 Å². The average Bonchev–Trinajstić information content (AvgIpc) is 2.38. The molecule has 0 heterocycles. The van der Waals surface area contributed by atoms with Crippen LogP contribution in [-0.2, 0) is 0 Å². The first-order valence-corrected chi connectivity index (χ1v) is 8.68. The van der Waals surface area contributed by atoms with Crippen molar-refractivity contribution in [2.45, 2.75) is 70.7 Å². The van der Waals surface area contributed by atoms with Gasteiger partial charge in [-0.1, -0.05) is 38.5 Å². The van der Waals surface area contributed by atoms with Crippen LogP contribution >= 0.6 is 11.8 Å². The van der Waals surface area contributed by atoms with Crippen LogP contribution in [-0.4, -0.2) is 11.4 Å². The second kappa shape index (κ2) is 6.39. The van der Waals surface area contributed by atoms with Crippen molar-refractivity contribution < 1.29 is 13.2 Å². The minimum absolute atomic E-state index is 0.220. The van der Waals surface area contributed by atoms with E-state index in [2.05, 4.69) is 32.9 Å². The summed E-state index contributed by atoms with van der Waals surface area (Å²) in [5.74, 6) is -1.07. The van der Waals surface area contributed by atoms with E-state index in [0.29, 0.717) is 30.9 Å². The lowest BCUT2D eigenvalue weighted by Gasteiger charge is -2.31. The van der Waals surface area contributed by atoms with Gasteiger partial charge in [0.2, 0.25) is 0 Å². The lowest BCUT2D eigenvalue weighted by molar-refractivity contribution is -0.181. The molecule has 0 unspecified atom stereocenters. The van der Waals surface area contributed by atoms with Gasteiger partial charge in [0.25, 0.3) is 0 Å².